The summed E-state index contributed by atoms with van der Waals surface area (Å²) in [5, 5.41) is 18.7. The zero-order valence-corrected chi connectivity index (χ0v) is 17.4. The number of fused-ring (bicyclic) bond motifs is 1. The Labute approximate surface area is 180 Å². The van der Waals surface area contributed by atoms with Crippen LogP contribution < -0.4 is 4.90 Å². The van der Waals surface area contributed by atoms with E-state index in [0.29, 0.717) is 19.1 Å². The summed E-state index contributed by atoms with van der Waals surface area (Å²) in [6, 6.07) is 12.2. The van der Waals surface area contributed by atoms with Crippen molar-refractivity contribution in [2.24, 2.45) is 5.92 Å². The average molecular weight is 422 g/mol. The summed E-state index contributed by atoms with van der Waals surface area (Å²) in [4.78, 5) is 4.86. The number of benzene rings is 2. The van der Waals surface area contributed by atoms with Gasteiger partial charge < -0.3 is 19.5 Å². The lowest BCUT2D eigenvalue weighted by Gasteiger charge is -2.43. The molecule has 4 heterocycles. The molecule has 1 N–H and O–H groups in total. The molecular weight excluding hydrogens is 396 g/mol. The normalized spacial score (nSPS) is 21.8. The molecule has 0 bridgehead atoms. The molecule has 162 valence electrons. The van der Waals surface area contributed by atoms with Crippen LogP contribution >= 0.6 is 0 Å². The van der Waals surface area contributed by atoms with Gasteiger partial charge in [0.05, 0.1) is 32.1 Å². The minimum Gasteiger partial charge on any atom is -0.380 e. The molecule has 8 nitrogen and oxygen atoms in total. The van der Waals surface area contributed by atoms with Gasteiger partial charge in [0.2, 0.25) is 0 Å². The van der Waals surface area contributed by atoms with E-state index >= 15 is 0 Å². The van der Waals surface area contributed by atoms with Crippen molar-refractivity contribution in [3.05, 3.63) is 42.0 Å². The van der Waals surface area contributed by atoms with Gasteiger partial charge in [-0.1, -0.05) is 24.3 Å². The number of nitrogens with zero attached hydrogens (tertiary/aromatic N) is 4. The van der Waals surface area contributed by atoms with Gasteiger partial charge in [0, 0.05) is 38.6 Å². The fourth-order valence-corrected chi connectivity index (χ4v) is 4.75. The topological polar surface area (TPSA) is 84.1 Å². The predicted molar refractivity (Wildman–Crippen MR) is 115 cm³/mol. The van der Waals surface area contributed by atoms with Crippen LogP contribution in [0.3, 0.4) is 0 Å². The highest BCUT2D eigenvalue weighted by Gasteiger charge is 2.37. The summed E-state index contributed by atoms with van der Waals surface area (Å²) >= 11 is 0. The predicted octanol–water partition coefficient (Wildman–Crippen LogP) is 1.88. The van der Waals surface area contributed by atoms with E-state index in [0.717, 1.165) is 79.3 Å². The van der Waals surface area contributed by atoms with Crippen LogP contribution in [0.2, 0.25) is 0 Å². The van der Waals surface area contributed by atoms with E-state index in [9.17, 15) is 5.11 Å². The Kier molecular flexibility index (Phi) is 4.68. The number of aromatic nitrogens is 2. The Morgan fingerprint density at radius 2 is 1.74 bits per heavy atom. The quantitative estimate of drug-likeness (QED) is 0.667. The van der Waals surface area contributed by atoms with Crippen LogP contribution in [0.15, 0.2) is 41.0 Å². The molecule has 0 aliphatic carbocycles. The van der Waals surface area contributed by atoms with Crippen LogP contribution in [0.5, 0.6) is 0 Å². The van der Waals surface area contributed by atoms with Crippen LogP contribution in [0.25, 0.3) is 22.2 Å². The molecule has 0 amide bonds. The van der Waals surface area contributed by atoms with Crippen molar-refractivity contribution in [3.8, 4) is 11.1 Å². The van der Waals surface area contributed by atoms with Crippen LogP contribution in [-0.2, 0) is 15.1 Å². The number of morpholine rings is 1. The maximum Gasteiger partial charge on any atom is 0.158 e. The van der Waals surface area contributed by atoms with Gasteiger partial charge >= 0.3 is 0 Å². The lowest BCUT2D eigenvalue weighted by molar-refractivity contribution is -0.184. The van der Waals surface area contributed by atoms with Crippen molar-refractivity contribution in [1.82, 2.24) is 15.2 Å². The zero-order valence-electron chi connectivity index (χ0n) is 17.4. The molecule has 0 unspecified atom stereocenters. The lowest BCUT2D eigenvalue weighted by Crippen LogP contribution is -2.53. The standard InChI is InChI=1S/C23H26N4O4/c28-23(14-30-15-23)19-3-1-17(2-4-19)18-9-20-22(25-31-24-20)21(10-18)27-12-16(13-27)11-26-5-7-29-8-6-26/h1-4,9-10,16,28H,5-8,11-15H2. The third-order valence-electron chi connectivity index (χ3n) is 6.70. The molecule has 1 aromatic heterocycles. The number of anilines is 1. The highest BCUT2D eigenvalue weighted by atomic mass is 16.6. The van der Waals surface area contributed by atoms with Crippen molar-refractivity contribution < 1.29 is 19.2 Å². The second kappa shape index (κ2) is 7.56. The first-order chi connectivity index (χ1) is 15.2. The third-order valence-corrected chi connectivity index (χ3v) is 6.70. The summed E-state index contributed by atoms with van der Waals surface area (Å²) in [5.41, 5.74) is 4.83. The molecule has 0 spiro atoms. The fraction of sp³-hybridized carbons (Fsp3) is 0.478. The molecule has 6 rings (SSSR count). The molecule has 3 aliphatic rings. The number of aliphatic hydroxyl groups is 1. The molecule has 0 atom stereocenters. The van der Waals surface area contributed by atoms with Crippen LogP contribution in [0.4, 0.5) is 5.69 Å². The molecule has 3 aromatic rings. The maximum absolute atomic E-state index is 10.5. The summed E-state index contributed by atoms with van der Waals surface area (Å²) in [7, 11) is 0. The van der Waals surface area contributed by atoms with E-state index in [1.165, 1.54) is 0 Å². The summed E-state index contributed by atoms with van der Waals surface area (Å²) in [6.07, 6.45) is 0. The Morgan fingerprint density at radius 1 is 0.968 bits per heavy atom. The van der Waals surface area contributed by atoms with Gasteiger partial charge in [-0.15, -0.1) is 0 Å². The smallest absolute Gasteiger partial charge is 0.158 e. The van der Waals surface area contributed by atoms with Crippen molar-refractivity contribution in [2.45, 2.75) is 5.60 Å². The summed E-state index contributed by atoms with van der Waals surface area (Å²) in [6.45, 7) is 7.58. The molecule has 3 fully saturated rings. The highest BCUT2D eigenvalue weighted by Crippen LogP contribution is 2.36. The number of hydrogen-bond donors (Lipinski definition) is 1. The highest BCUT2D eigenvalue weighted by molar-refractivity contribution is 5.93. The zero-order chi connectivity index (χ0) is 20.8. The van der Waals surface area contributed by atoms with Crippen molar-refractivity contribution >= 4 is 16.7 Å². The second-order valence-corrected chi connectivity index (χ2v) is 8.91. The fourth-order valence-electron chi connectivity index (χ4n) is 4.75. The minimum absolute atomic E-state index is 0.355. The van der Waals surface area contributed by atoms with Gasteiger partial charge in [0.25, 0.3) is 0 Å². The largest absolute Gasteiger partial charge is 0.380 e. The monoisotopic (exact) mass is 422 g/mol. The first-order valence-electron chi connectivity index (χ1n) is 10.9. The van der Waals surface area contributed by atoms with E-state index in [1.807, 2.05) is 30.3 Å². The lowest BCUT2D eigenvalue weighted by atomic mass is 9.90. The Balaban J connectivity index is 1.22. The molecular formula is C23H26N4O4. The van der Waals surface area contributed by atoms with E-state index in [4.69, 9.17) is 14.1 Å². The second-order valence-electron chi connectivity index (χ2n) is 8.91. The van der Waals surface area contributed by atoms with E-state index < -0.39 is 5.60 Å². The average Bonchev–Trinajstić information content (AvgIpc) is 3.23. The van der Waals surface area contributed by atoms with Gasteiger partial charge in [-0.05, 0) is 39.1 Å². The number of ether oxygens (including phenoxy) is 2. The Hall–Kier alpha value is -2.52. The van der Waals surface area contributed by atoms with Crippen molar-refractivity contribution in [3.63, 3.8) is 0 Å². The van der Waals surface area contributed by atoms with Crippen molar-refractivity contribution in [2.75, 3.05) is 64.1 Å². The van der Waals surface area contributed by atoms with E-state index in [-0.39, 0.29) is 0 Å². The molecule has 2 aromatic carbocycles. The molecule has 3 aliphatic heterocycles. The van der Waals surface area contributed by atoms with E-state index in [1.54, 1.807) is 0 Å². The minimum atomic E-state index is -0.850. The van der Waals surface area contributed by atoms with Crippen LogP contribution in [0, 0.1) is 5.92 Å². The number of rotatable bonds is 5. The Bertz CT molecular complexity index is 1070. The van der Waals surface area contributed by atoms with Gasteiger partial charge in [-0.2, -0.15) is 0 Å². The summed E-state index contributed by atoms with van der Waals surface area (Å²) in [5.74, 6) is 0.654. The van der Waals surface area contributed by atoms with Gasteiger partial charge in [0.15, 0.2) is 5.52 Å². The molecule has 3 saturated heterocycles. The first-order valence-corrected chi connectivity index (χ1v) is 10.9. The summed E-state index contributed by atoms with van der Waals surface area (Å²) < 4.78 is 15.7. The Morgan fingerprint density at radius 3 is 2.45 bits per heavy atom. The maximum atomic E-state index is 10.5. The molecule has 31 heavy (non-hydrogen) atoms. The molecule has 0 saturated carbocycles. The van der Waals surface area contributed by atoms with Crippen LogP contribution in [0.1, 0.15) is 5.56 Å². The van der Waals surface area contributed by atoms with Gasteiger partial charge in [0.1, 0.15) is 11.1 Å². The van der Waals surface area contributed by atoms with Crippen molar-refractivity contribution in [1.29, 1.82) is 0 Å². The van der Waals surface area contributed by atoms with Crippen LogP contribution in [-0.4, -0.2) is 79.5 Å². The molecule has 0 radical (unpaired) electrons. The van der Waals surface area contributed by atoms with E-state index in [2.05, 4.69) is 26.2 Å². The first kappa shape index (κ1) is 19.2. The SMILES string of the molecule is OC1(c2ccc(-c3cc(N4CC(CN5CCOCC5)C4)c4nonc4c3)cc2)COC1. The number of hydrogen-bond acceptors (Lipinski definition) is 8. The molecule has 8 heteroatoms. The third kappa shape index (κ3) is 3.49. The van der Waals surface area contributed by atoms with Gasteiger partial charge in [-0.25, -0.2) is 4.63 Å². The van der Waals surface area contributed by atoms with Gasteiger partial charge in [-0.3, -0.25) is 4.90 Å².